The fourth-order valence-electron chi connectivity index (χ4n) is 9.88. The van der Waals surface area contributed by atoms with Gasteiger partial charge in [-0.2, -0.15) is 0 Å². The molecule has 9 heteroatoms. The highest BCUT2D eigenvalue weighted by Crippen LogP contribution is 2.16. The van der Waals surface area contributed by atoms with Gasteiger partial charge in [0.1, 0.15) is 13.2 Å². The molecule has 0 aliphatic rings. The first-order valence-corrected chi connectivity index (χ1v) is 38.9. The van der Waals surface area contributed by atoms with Crippen LogP contribution >= 0.6 is 0 Å². The summed E-state index contributed by atoms with van der Waals surface area (Å²) in [5, 5.41) is 9.77. The number of likely N-dealkylation sites (N-methyl/N-ethyl adjacent to an activating group) is 1. The zero-order valence-electron chi connectivity index (χ0n) is 63.3. The molecular formula is C90H142NO8+. The van der Waals surface area contributed by atoms with Gasteiger partial charge in [-0.3, -0.25) is 9.59 Å². The molecule has 99 heavy (non-hydrogen) atoms. The minimum atomic E-state index is -1.53. The number of allylic oxidation sites excluding steroid dienone is 36. The second-order valence-electron chi connectivity index (χ2n) is 26.2. The number of carboxylic acid groups (broad SMARTS) is 1. The summed E-state index contributed by atoms with van der Waals surface area (Å²) in [6.07, 6.45) is 119. The summed E-state index contributed by atoms with van der Waals surface area (Å²) < 4.78 is 23.0. The zero-order chi connectivity index (χ0) is 71.8. The molecule has 554 valence electrons. The maximum Gasteiger partial charge on any atom is 0.361 e. The number of unbranched alkanes of at least 4 members (excludes halogenated alkanes) is 18. The number of esters is 2. The lowest BCUT2D eigenvalue weighted by molar-refractivity contribution is -0.870. The van der Waals surface area contributed by atoms with Gasteiger partial charge >= 0.3 is 17.9 Å². The van der Waals surface area contributed by atoms with Crippen LogP contribution < -0.4 is 0 Å². The first-order chi connectivity index (χ1) is 48.6. The number of carbonyl (C=O) groups is 3. The first kappa shape index (κ1) is 92.6. The number of carbonyl (C=O) groups excluding carboxylic acids is 2. The van der Waals surface area contributed by atoms with Crippen molar-refractivity contribution in [3.63, 3.8) is 0 Å². The van der Waals surface area contributed by atoms with Crippen molar-refractivity contribution in [1.29, 1.82) is 0 Å². The van der Waals surface area contributed by atoms with Crippen molar-refractivity contribution in [2.24, 2.45) is 0 Å². The number of rotatable bonds is 69. The quantitative estimate of drug-likeness (QED) is 0.0211. The van der Waals surface area contributed by atoms with E-state index in [9.17, 15) is 19.5 Å². The summed E-state index contributed by atoms with van der Waals surface area (Å²) in [6.45, 7) is 4.61. The SMILES string of the molecule is CC/C=C\C/C=C\C/C=C\C/C=C\C/C=C\C/C=C\C/C=C\C/C=C\C/C=C\CCCCCCCCCCCCCCCC(=O)OC(COC(=O)CCCCCCC/C=C\C/C=C\C/C=C\C/C=C\C/C=C\C/C=C\C/C=C\C/C=C\C/C=C\CC)COC(OCC[N+](C)(C)C)C(=O)O. The van der Waals surface area contributed by atoms with E-state index in [4.69, 9.17) is 18.9 Å². The summed E-state index contributed by atoms with van der Waals surface area (Å²) in [4.78, 5) is 37.7. The molecule has 0 saturated carbocycles. The molecule has 0 saturated heterocycles. The molecule has 2 unspecified atom stereocenters. The Labute approximate surface area is 607 Å². The third-order valence-corrected chi connectivity index (χ3v) is 15.7. The molecule has 1 N–H and O–H groups in total. The van der Waals surface area contributed by atoms with Crippen molar-refractivity contribution < 1.29 is 42.9 Å². The predicted molar refractivity (Wildman–Crippen MR) is 428 cm³/mol. The number of ether oxygens (including phenoxy) is 4. The summed E-state index contributed by atoms with van der Waals surface area (Å²) in [5.41, 5.74) is 0. The molecule has 0 rings (SSSR count). The van der Waals surface area contributed by atoms with E-state index < -0.39 is 24.3 Å². The molecule has 0 aliphatic carbocycles. The van der Waals surface area contributed by atoms with Crippen LogP contribution in [-0.2, 0) is 33.3 Å². The maximum atomic E-state index is 13.0. The van der Waals surface area contributed by atoms with Gasteiger partial charge in [-0.05, 0) is 154 Å². The van der Waals surface area contributed by atoms with Crippen LogP contribution in [0.4, 0.5) is 0 Å². The zero-order valence-corrected chi connectivity index (χ0v) is 63.3. The van der Waals surface area contributed by atoms with E-state index in [-0.39, 0.29) is 38.6 Å². The molecule has 0 radical (unpaired) electrons. The Morgan fingerprint density at radius 1 is 0.303 bits per heavy atom. The number of nitrogens with zero attached hydrogens (tertiary/aromatic N) is 1. The third-order valence-electron chi connectivity index (χ3n) is 15.7. The van der Waals surface area contributed by atoms with E-state index in [0.29, 0.717) is 23.9 Å². The molecule has 0 aromatic heterocycles. The predicted octanol–water partition coefficient (Wildman–Crippen LogP) is 25.2. The van der Waals surface area contributed by atoms with Gasteiger partial charge in [0.05, 0.1) is 34.4 Å². The molecule has 0 fully saturated rings. The molecule has 0 spiro atoms. The van der Waals surface area contributed by atoms with Gasteiger partial charge in [-0.25, -0.2) is 4.79 Å². The standard InChI is InChI=1S/C90H141NO8/c1-6-8-10-12-14-16-18-20-22-24-26-28-30-32-34-36-38-40-41-42-43-44-45-46-47-49-51-53-55-57-59-61-63-65-67-69-71-73-75-77-79-81-88(93)99-86(85-98-90(89(94)95)96-83-82-91(3,4)5)84-97-87(92)80-78-76-74-72-70-68-66-64-62-60-58-56-54-52-50-48-39-37-35-33-31-29-27-25-23-21-19-17-15-13-11-9-7-2/h8-11,14-17,20-23,26-29,32-35,38-40,42-43,45-46,48-49,51-52,54,58,60,64,66,86,90H,6-7,12-13,18-19,24-25,30-31,36-37,41,44,47,50,53,55-57,59,61-63,65,67-85H2,1-5H3/p+1/b10-8-,11-9-,16-14-,17-15-,22-20-,23-21-,28-26-,29-27-,34-32-,35-33-,40-38-,43-42-,46-45-,48-39-,51-49-,54-52-,60-58-,66-64-. The van der Waals surface area contributed by atoms with Crippen LogP contribution in [0.15, 0.2) is 219 Å². The average Bonchev–Trinajstić information content (AvgIpc) is 2.62. The van der Waals surface area contributed by atoms with Crippen LogP contribution in [0.1, 0.15) is 271 Å². The van der Waals surface area contributed by atoms with Crippen LogP contribution in [-0.4, -0.2) is 87.4 Å². The van der Waals surface area contributed by atoms with Crippen molar-refractivity contribution in [3.05, 3.63) is 219 Å². The molecule has 9 nitrogen and oxygen atoms in total. The summed E-state index contributed by atoms with van der Waals surface area (Å²) >= 11 is 0. The lowest BCUT2D eigenvalue weighted by Gasteiger charge is -2.25. The number of hydrogen-bond acceptors (Lipinski definition) is 7. The van der Waals surface area contributed by atoms with Crippen LogP contribution in [0.3, 0.4) is 0 Å². The number of aliphatic carboxylic acids is 1. The Kier molecular flexibility index (Phi) is 72.4. The second-order valence-corrected chi connectivity index (χ2v) is 26.2. The smallest absolute Gasteiger partial charge is 0.361 e. The molecule has 0 heterocycles. The van der Waals surface area contributed by atoms with Crippen molar-refractivity contribution in [2.75, 3.05) is 47.5 Å². The van der Waals surface area contributed by atoms with Gasteiger partial charge in [0, 0.05) is 12.8 Å². The Balaban J connectivity index is 4.18. The fraction of sp³-hybridized carbons (Fsp3) is 0.567. The van der Waals surface area contributed by atoms with E-state index >= 15 is 0 Å². The van der Waals surface area contributed by atoms with Crippen molar-refractivity contribution >= 4 is 17.9 Å². The Morgan fingerprint density at radius 2 is 0.545 bits per heavy atom. The second kappa shape index (κ2) is 77.3. The molecule has 2 atom stereocenters. The van der Waals surface area contributed by atoms with E-state index in [2.05, 4.69) is 233 Å². The van der Waals surface area contributed by atoms with Gasteiger partial charge in [0.15, 0.2) is 6.10 Å². The molecule has 0 amide bonds. The largest absolute Gasteiger partial charge is 0.477 e. The van der Waals surface area contributed by atoms with E-state index in [1.807, 2.05) is 21.1 Å². The fourth-order valence-corrected chi connectivity index (χ4v) is 9.88. The molecule has 0 aromatic rings. The highest BCUT2D eigenvalue weighted by Gasteiger charge is 2.25. The first-order valence-electron chi connectivity index (χ1n) is 38.9. The molecule has 0 bridgehead atoms. The molecular weight excluding hydrogens is 1220 g/mol. The summed E-state index contributed by atoms with van der Waals surface area (Å²) in [7, 11) is 5.96. The lowest BCUT2D eigenvalue weighted by atomic mass is 10.0. The van der Waals surface area contributed by atoms with Gasteiger partial charge < -0.3 is 28.5 Å². The summed E-state index contributed by atoms with van der Waals surface area (Å²) in [5.74, 6) is -2.05. The van der Waals surface area contributed by atoms with Crippen molar-refractivity contribution in [1.82, 2.24) is 0 Å². The number of quaternary nitrogens is 1. The maximum absolute atomic E-state index is 13.0. The normalized spacial score (nSPS) is 13.9. The van der Waals surface area contributed by atoms with Crippen LogP contribution in [0.2, 0.25) is 0 Å². The van der Waals surface area contributed by atoms with Gasteiger partial charge in [-0.1, -0.05) is 322 Å². The highest BCUT2D eigenvalue weighted by molar-refractivity contribution is 5.71. The molecule has 0 aromatic carbocycles. The third kappa shape index (κ3) is 78.8. The molecule has 0 aliphatic heterocycles. The highest BCUT2D eigenvalue weighted by atomic mass is 16.7. The van der Waals surface area contributed by atoms with E-state index in [1.54, 1.807) is 0 Å². The monoisotopic (exact) mass is 1370 g/mol. The topological polar surface area (TPSA) is 108 Å². The lowest BCUT2D eigenvalue weighted by Crippen LogP contribution is -2.40. The van der Waals surface area contributed by atoms with E-state index in [0.717, 1.165) is 167 Å². The number of carboxylic acids is 1. The van der Waals surface area contributed by atoms with Crippen molar-refractivity contribution in [3.8, 4) is 0 Å². The van der Waals surface area contributed by atoms with Crippen LogP contribution in [0.5, 0.6) is 0 Å². The Hall–Kier alpha value is -6.39. The van der Waals surface area contributed by atoms with Gasteiger partial charge in [0.2, 0.25) is 0 Å². The Morgan fingerprint density at radius 3 is 0.808 bits per heavy atom. The van der Waals surface area contributed by atoms with Crippen LogP contribution in [0, 0.1) is 0 Å². The van der Waals surface area contributed by atoms with Crippen LogP contribution in [0.25, 0.3) is 0 Å². The van der Waals surface area contributed by atoms with Crippen molar-refractivity contribution in [2.45, 2.75) is 283 Å². The average molecular weight is 1370 g/mol. The minimum Gasteiger partial charge on any atom is -0.477 e. The van der Waals surface area contributed by atoms with E-state index in [1.165, 1.54) is 64.2 Å². The minimum absolute atomic E-state index is 0.173. The number of hydrogen-bond donors (Lipinski definition) is 1. The summed E-state index contributed by atoms with van der Waals surface area (Å²) in [6, 6.07) is 0. The van der Waals surface area contributed by atoms with Gasteiger partial charge in [-0.15, -0.1) is 0 Å². The van der Waals surface area contributed by atoms with Gasteiger partial charge in [0.25, 0.3) is 6.29 Å². The Bertz CT molecular complexity index is 2440.